The lowest BCUT2D eigenvalue weighted by molar-refractivity contribution is 0.0947. The highest BCUT2D eigenvalue weighted by molar-refractivity contribution is 6.07. The number of carbonyl (C=O) groups is 2. The van der Waals surface area contributed by atoms with Gasteiger partial charge in [0.25, 0.3) is 11.8 Å². The third-order valence-electron chi connectivity index (χ3n) is 6.09. The molecule has 0 radical (unpaired) electrons. The molecule has 0 aliphatic carbocycles. The van der Waals surface area contributed by atoms with Crippen LogP contribution in [0.25, 0.3) is 5.57 Å². The molecule has 182 valence electrons. The number of hydrogen-bond acceptors (Lipinski definition) is 5. The minimum Gasteiger partial charge on any atom is -0.380 e. The molecule has 2 aromatic rings. The van der Waals surface area contributed by atoms with Gasteiger partial charge in [-0.25, -0.2) is 4.98 Å². The summed E-state index contributed by atoms with van der Waals surface area (Å²) in [5.41, 5.74) is 2.39. The molecule has 1 aliphatic rings. The van der Waals surface area contributed by atoms with Crippen molar-refractivity contribution in [2.24, 2.45) is 0 Å². The van der Waals surface area contributed by atoms with Gasteiger partial charge >= 0.3 is 0 Å². The topological polar surface area (TPSA) is 92.2 Å². The molecule has 0 atom stereocenters. The van der Waals surface area contributed by atoms with Crippen molar-refractivity contribution in [3.8, 4) is 0 Å². The second-order valence-corrected chi connectivity index (χ2v) is 8.64. The Balaban J connectivity index is 1.98. The Morgan fingerprint density at radius 3 is 2.56 bits per heavy atom. The van der Waals surface area contributed by atoms with E-state index in [1.54, 1.807) is 29.1 Å². The standard InChI is InChI=1S/C26H36N6O2/c1-5-19-17-31(4)16-11-9-8-10-15-27-26(34)24-23(18-32(30-24)20(6-2)7-3)29-25(33)22-14-12-13-21(19)28-22/h5,12-14,17-18,20H,1,6-11,15-16H2,2-4H3,(H,27,34)(H,29,33)/b19-17+. The van der Waals surface area contributed by atoms with Gasteiger partial charge in [-0.2, -0.15) is 5.10 Å². The molecule has 8 heteroatoms. The fourth-order valence-corrected chi connectivity index (χ4v) is 4.06. The highest BCUT2D eigenvalue weighted by Gasteiger charge is 2.22. The zero-order chi connectivity index (χ0) is 24.5. The Labute approximate surface area is 202 Å². The number of nitrogens with zero attached hydrogens (tertiary/aromatic N) is 4. The quantitative estimate of drug-likeness (QED) is 0.687. The van der Waals surface area contributed by atoms with Crippen LogP contribution in [0.1, 0.15) is 85.1 Å². The van der Waals surface area contributed by atoms with Gasteiger partial charge in [0.1, 0.15) is 5.69 Å². The van der Waals surface area contributed by atoms with E-state index in [0.29, 0.717) is 17.9 Å². The largest absolute Gasteiger partial charge is 0.380 e. The predicted molar refractivity (Wildman–Crippen MR) is 136 cm³/mol. The van der Waals surface area contributed by atoms with Gasteiger partial charge < -0.3 is 15.5 Å². The zero-order valence-electron chi connectivity index (χ0n) is 20.5. The predicted octanol–water partition coefficient (Wildman–Crippen LogP) is 4.65. The zero-order valence-corrected chi connectivity index (χ0v) is 20.5. The van der Waals surface area contributed by atoms with E-state index in [0.717, 1.165) is 50.6 Å². The lowest BCUT2D eigenvalue weighted by Crippen LogP contribution is -2.27. The normalized spacial score (nSPS) is 17.6. The fourth-order valence-electron chi connectivity index (χ4n) is 4.06. The Morgan fingerprint density at radius 1 is 1.09 bits per heavy atom. The molecular weight excluding hydrogens is 428 g/mol. The Kier molecular flexibility index (Phi) is 9.01. The number of nitrogens with one attached hydrogen (secondary N) is 2. The van der Waals surface area contributed by atoms with Crippen molar-refractivity contribution < 1.29 is 9.59 Å². The molecule has 0 spiro atoms. The summed E-state index contributed by atoms with van der Waals surface area (Å²) in [5, 5.41) is 10.4. The van der Waals surface area contributed by atoms with Gasteiger partial charge in [0.05, 0.1) is 17.4 Å². The maximum absolute atomic E-state index is 13.1. The molecular formula is C26H36N6O2. The molecule has 3 heterocycles. The summed E-state index contributed by atoms with van der Waals surface area (Å²) in [4.78, 5) is 32.7. The van der Waals surface area contributed by atoms with Crippen LogP contribution in [-0.2, 0) is 0 Å². The number of fused-ring (bicyclic) bond motifs is 3. The van der Waals surface area contributed by atoms with Crippen molar-refractivity contribution in [3.63, 3.8) is 0 Å². The first-order chi connectivity index (χ1) is 16.5. The van der Waals surface area contributed by atoms with E-state index in [-0.39, 0.29) is 23.3 Å². The first-order valence-corrected chi connectivity index (χ1v) is 12.2. The van der Waals surface area contributed by atoms with Gasteiger partial charge in [-0.05, 0) is 37.8 Å². The molecule has 2 N–H and O–H groups in total. The Bertz CT molecular complexity index is 1040. The third kappa shape index (κ3) is 6.34. The lowest BCUT2D eigenvalue weighted by atomic mass is 10.1. The summed E-state index contributed by atoms with van der Waals surface area (Å²) >= 11 is 0. The number of aromatic nitrogens is 3. The van der Waals surface area contributed by atoms with Gasteiger partial charge in [0, 0.05) is 38.1 Å². The number of rotatable bonds is 4. The molecule has 2 aromatic heterocycles. The summed E-state index contributed by atoms with van der Waals surface area (Å²) in [6.07, 6.45) is 11.3. The van der Waals surface area contributed by atoms with E-state index in [9.17, 15) is 9.59 Å². The number of allylic oxidation sites excluding steroid dienone is 2. The van der Waals surface area contributed by atoms with Crippen molar-refractivity contribution in [1.29, 1.82) is 0 Å². The summed E-state index contributed by atoms with van der Waals surface area (Å²) < 4.78 is 1.78. The molecule has 0 saturated carbocycles. The number of carbonyl (C=O) groups excluding carboxylic acids is 2. The van der Waals surface area contributed by atoms with Crippen LogP contribution in [0.4, 0.5) is 5.69 Å². The summed E-state index contributed by atoms with van der Waals surface area (Å²) in [6, 6.07) is 5.47. The monoisotopic (exact) mass is 464 g/mol. The van der Waals surface area contributed by atoms with Crippen LogP contribution in [0.15, 0.2) is 43.3 Å². The number of pyridine rings is 1. The third-order valence-corrected chi connectivity index (χ3v) is 6.09. The first-order valence-electron chi connectivity index (χ1n) is 12.2. The van der Waals surface area contributed by atoms with E-state index in [4.69, 9.17) is 0 Å². The molecule has 3 rings (SSSR count). The van der Waals surface area contributed by atoms with E-state index in [1.165, 1.54) is 0 Å². The summed E-state index contributed by atoms with van der Waals surface area (Å²) in [6.45, 7) is 9.57. The Hall–Kier alpha value is -3.42. The average Bonchev–Trinajstić information content (AvgIpc) is 3.25. The van der Waals surface area contributed by atoms with Crippen LogP contribution in [0.3, 0.4) is 0 Å². The van der Waals surface area contributed by atoms with Crippen molar-refractivity contribution in [3.05, 3.63) is 60.3 Å². The van der Waals surface area contributed by atoms with Gasteiger partial charge in [0.15, 0.2) is 5.69 Å². The van der Waals surface area contributed by atoms with Crippen LogP contribution >= 0.6 is 0 Å². The van der Waals surface area contributed by atoms with Gasteiger partial charge in [0.2, 0.25) is 0 Å². The van der Waals surface area contributed by atoms with E-state index in [1.807, 2.05) is 19.3 Å². The second-order valence-electron chi connectivity index (χ2n) is 8.64. The summed E-state index contributed by atoms with van der Waals surface area (Å²) in [7, 11) is 2.03. The minimum atomic E-state index is -0.391. The molecule has 1 aliphatic heterocycles. The molecule has 0 saturated heterocycles. The minimum absolute atomic E-state index is 0.150. The molecule has 0 aromatic carbocycles. The lowest BCUT2D eigenvalue weighted by Gasteiger charge is -2.16. The van der Waals surface area contributed by atoms with Crippen LogP contribution in [0.5, 0.6) is 0 Å². The average molecular weight is 465 g/mol. The first kappa shape index (κ1) is 25.2. The van der Waals surface area contributed by atoms with E-state index >= 15 is 0 Å². The van der Waals surface area contributed by atoms with E-state index < -0.39 is 5.91 Å². The van der Waals surface area contributed by atoms with Crippen LogP contribution < -0.4 is 10.6 Å². The fraction of sp³-hybridized carbons (Fsp3) is 0.462. The molecule has 8 nitrogen and oxygen atoms in total. The molecule has 2 bridgehead atoms. The number of hydrogen-bond donors (Lipinski definition) is 2. The van der Waals surface area contributed by atoms with Gasteiger partial charge in [-0.15, -0.1) is 0 Å². The Morgan fingerprint density at radius 2 is 1.82 bits per heavy atom. The molecule has 0 unspecified atom stereocenters. The highest BCUT2D eigenvalue weighted by atomic mass is 16.2. The van der Waals surface area contributed by atoms with Gasteiger partial charge in [-0.1, -0.05) is 45.4 Å². The second kappa shape index (κ2) is 12.2. The van der Waals surface area contributed by atoms with Gasteiger partial charge in [-0.3, -0.25) is 14.3 Å². The molecule has 0 fully saturated rings. The van der Waals surface area contributed by atoms with Crippen molar-refractivity contribution in [2.45, 2.75) is 58.4 Å². The SMILES string of the molecule is C=C/C1=C\N(C)CCCCCCNC(=O)c2nn(C(CC)CC)cc2NC(=O)c2cccc1n2. The van der Waals surface area contributed by atoms with Crippen molar-refractivity contribution in [2.75, 3.05) is 25.5 Å². The maximum Gasteiger partial charge on any atom is 0.274 e. The van der Waals surface area contributed by atoms with Crippen molar-refractivity contribution in [1.82, 2.24) is 25.0 Å². The maximum atomic E-state index is 13.1. The van der Waals surface area contributed by atoms with Crippen LogP contribution in [-0.4, -0.2) is 51.6 Å². The van der Waals surface area contributed by atoms with E-state index in [2.05, 4.69) is 46.0 Å². The molecule has 2 amide bonds. The molecule has 34 heavy (non-hydrogen) atoms. The van der Waals surface area contributed by atoms with Crippen LogP contribution in [0, 0.1) is 0 Å². The number of amides is 2. The smallest absolute Gasteiger partial charge is 0.274 e. The summed E-state index contributed by atoms with van der Waals surface area (Å²) in [5.74, 6) is -0.669. The number of anilines is 1. The van der Waals surface area contributed by atoms with Crippen LogP contribution in [0.2, 0.25) is 0 Å². The highest BCUT2D eigenvalue weighted by Crippen LogP contribution is 2.22. The van der Waals surface area contributed by atoms with Crippen molar-refractivity contribution >= 4 is 23.1 Å².